The third-order valence-corrected chi connectivity index (χ3v) is 6.55. The number of nitrogens with zero attached hydrogens (tertiary/aromatic N) is 4. The molecule has 1 amide bonds. The van der Waals surface area contributed by atoms with Crippen LogP contribution in [-0.2, 0) is 22.5 Å². The summed E-state index contributed by atoms with van der Waals surface area (Å²) in [6.07, 6.45) is 0.849. The van der Waals surface area contributed by atoms with Gasteiger partial charge in [-0.2, -0.15) is 0 Å². The van der Waals surface area contributed by atoms with Crippen LogP contribution in [0.4, 0.5) is 0 Å². The number of thioether (sulfide) groups is 1. The van der Waals surface area contributed by atoms with E-state index in [1.165, 1.54) is 17.3 Å². The maximum Gasteiger partial charge on any atom is 0.236 e. The molecule has 1 saturated heterocycles. The lowest BCUT2D eigenvalue weighted by atomic mass is 10.1. The first-order valence-corrected chi connectivity index (χ1v) is 11.7. The summed E-state index contributed by atoms with van der Waals surface area (Å²) in [5.74, 6) is 1.70. The van der Waals surface area contributed by atoms with Gasteiger partial charge in [0.2, 0.25) is 5.91 Å². The van der Waals surface area contributed by atoms with Crippen LogP contribution in [0.5, 0.6) is 5.75 Å². The fraction of sp³-hybridized carbons (Fsp3) is 0.375. The predicted octanol–water partition coefficient (Wildman–Crippen LogP) is 3.54. The molecule has 1 aliphatic rings. The van der Waals surface area contributed by atoms with Crippen molar-refractivity contribution in [2.45, 2.75) is 30.3 Å². The van der Waals surface area contributed by atoms with Crippen LogP contribution in [0.1, 0.15) is 12.5 Å². The Bertz CT molecular complexity index is 1020. The third kappa shape index (κ3) is 5.31. The van der Waals surface area contributed by atoms with Gasteiger partial charge in [0.15, 0.2) is 11.0 Å². The van der Waals surface area contributed by atoms with Crippen molar-refractivity contribution in [3.63, 3.8) is 0 Å². The standard InChI is InChI=1S/C24H28N4O3S/c1-18(23(29)27-14-16-31-17-15-27)32-24-26-25-22(20-8-10-21(30-2)11-9-20)28(24)13-12-19-6-4-3-5-7-19/h3-11,18H,12-17H2,1-2H3. The first-order valence-electron chi connectivity index (χ1n) is 10.8. The Morgan fingerprint density at radius 3 is 2.50 bits per heavy atom. The number of carbonyl (C=O) groups excluding carboxylic acids is 1. The van der Waals surface area contributed by atoms with Crippen LogP contribution >= 0.6 is 11.8 Å². The fourth-order valence-electron chi connectivity index (χ4n) is 3.67. The lowest BCUT2D eigenvalue weighted by Gasteiger charge is -2.28. The lowest BCUT2D eigenvalue weighted by Crippen LogP contribution is -2.44. The number of amides is 1. The van der Waals surface area contributed by atoms with E-state index in [1.807, 2.05) is 54.3 Å². The zero-order valence-electron chi connectivity index (χ0n) is 18.4. The van der Waals surface area contributed by atoms with Crippen LogP contribution in [-0.4, -0.2) is 64.2 Å². The van der Waals surface area contributed by atoms with E-state index < -0.39 is 0 Å². The molecule has 0 saturated carbocycles. The minimum atomic E-state index is -0.253. The zero-order chi connectivity index (χ0) is 22.3. The van der Waals surface area contributed by atoms with Crippen molar-refractivity contribution < 1.29 is 14.3 Å². The van der Waals surface area contributed by atoms with Gasteiger partial charge in [0.05, 0.1) is 25.6 Å². The maximum atomic E-state index is 12.9. The normalized spacial score (nSPS) is 14.9. The number of ether oxygens (including phenoxy) is 2. The van der Waals surface area contributed by atoms with E-state index in [2.05, 4.69) is 26.9 Å². The highest BCUT2D eigenvalue weighted by atomic mass is 32.2. The van der Waals surface area contributed by atoms with Gasteiger partial charge in [-0.3, -0.25) is 4.79 Å². The summed E-state index contributed by atoms with van der Waals surface area (Å²) < 4.78 is 12.8. The Balaban J connectivity index is 1.57. The molecule has 3 aromatic rings. The number of hydrogen-bond donors (Lipinski definition) is 0. The van der Waals surface area contributed by atoms with Crippen molar-refractivity contribution in [1.29, 1.82) is 0 Å². The van der Waals surface area contributed by atoms with Crippen molar-refractivity contribution in [3.05, 3.63) is 60.2 Å². The van der Waals surface area contributed by atoms with E-state index in [9.17, 15) is 4.79 Å². The summed E-state index contributed by atoms with van der Waals surface area (Å²) in [5.41, 5.74) is 2.21. The highest BCUT2D eigenvalue weighted by molar-refractivity contribution is 8.00. The van der Waals surface area contributed by atoms with Gasteiger partial charge >= 0.3 is 0 Å². The Morgan fingerprint density at radius 2 is 1.81 bits per heavy atom. The predicted molar refractivity (Wildman–Crippen MR) is 125 cm³/mol. The molecule has 2 aromatic carbocycles. The molecule has 4 rings (SSSR count). The molecule has 2 heterocycles. The summed E-state index contributed by atoms with van der Waals surface area (Å²) in [6, 6.07) is 18.2. The number of hydrogen-bond acceptors (Lipinski definition) is 6. The van der Waals surface area contributed by atoms with E-state index in [1.54, 1.807) is 7.11 Å². The minimum absolute atomic E-state index is 0.113. The van der Waals surface area contributed by atoms with Gasteiger partial charge in [0, 0.05) is 25.2 Å². The van der Waals surface area contributed by atoms with Crippen LogP contribution in [0, 0.1) is 0 Å². The van der Waals surface area contributed by atoms with E-state index in [0.29, 0.717) is 26.3 Å². The summed E-state index contributed by atoms with van der Waals surface area (Å²) in [6.45, 7) is 5.13. The smallest absolute Gasteiger partial charge is 0.236 e. The number of methoxy groups -OCH3 is 1. The molecule has 0 N–H and O–H groups in total. The van der Waals surface area contributed by atoms with E-state index in [4.69, 9.17) is 9.47 Å². The SMILES string of the molecule is COc1ccc(-c2nnc(SC(C)C(=O)N3CCOCC3)n2CCc2ccccc2)cc1. The monoisotopic (exact) mass is 452 g/mol. The highest BCUT2D eigenvalue weighted by Crippen LogP contribution is 2.29. The van der Waals surface area contributed by atoms with Gasteiger partial charge < -0.3 is 18.9 Å². The van der Waals surface area contributed by atoms with Crippen molar-refractivity contribution in [1.82, 2.24) is 19.7 Å². The second-order valence-electron chi connectivity index (χ2n) is 7.62. The maximum absolute atomic E-state index is 12.9. The lowest BCUT2D eigenvalue weighted by molar-refractivity contribution is -0.134. The molecule has 1 atom stereocenters. The molecule has 1 unspecified atom stereocenters. The van der Waals surface area contributed by atoms with Crippen molar-refractivity contribution in [3.8, 4) is 17.1 Å². The third-order valence-electron chi connectivity index (χ3n) is 5.48. The molecule has 0 bridgehead atoms. The van der Waals surface area contributed by atoms with Gasteiger partial charge in [-0.1, -0.05) is 42.1 Å². The average Bonchev–Trinajstić information content (AvgIpc) is 3.25. The van der Waals surface area contributed by atoms with Crippen LogP contribution < -0.4 is 4.74 Å². The molecule has 1 aliphatic heterocycles. The van der Waals surface area contributed by atoms with Crippen molar-refractivity contribution in [2.75, 3.05) is 33.4 Å². The molecule has 8 heteroatoms. The van der Waals surface area contributed by atoms with Crippen LogP contribution in [0.15, 0.2) is 59.8 Å². The molecule has 168 valence electrons. The highest BCUT2D eigenvalue weighted by Gasteiger charge is 2.26. The quantitative estimate of drug-likeness (QED) is 0.487. The van der Waals surface area contributed by atoms with Gasteiger partial charge in [0.25, 0.3) is 0 Å². The molecule has 0 spiro atoms. The van der Waals surface area contributed by atoms with E-state index in [-0.39, 0.29) is 11.2 Å². The Labute approximate surface area is 192 Å². The summed E-state index contributed by atoms with van der Waals surface area (Å²) in [5, 5.41) is 9.45. The Kier molecular flexibility index (Phi) is 7.44. The van der Waals surface area contributed by atoms with Crippen molar-refractivity contribution >= 4 is 17.7 Å². The number of aryl methyl sites for hydroxylation is 1. The first kappa shape index (κ1) is 22.4. The topological polar surface area (TPSA) is 69.5 Å². The number of morpholine rings is 1. The van der Waals surface area contributed by atoms with Gasteiger partial charge in [-0.25, -0.2) is 0 Å². The summed E-state index contributed by atoms with van der Waals surface area (Å²) in [4.78, 5) is 14.8. The Morgan fingerprint density at radius 1 is 1.09 bits per heavy atom. The molecule has 1 fully saturated rings. The summed E-state index contributed by atoms with van der Waals surface area (Å²) in [7, 11) is 1.65. The molecule has 32 heavy (non-hydrogen) atoms. The minimum Gasteiger partial charge on any atom is -0.497 e. The summed E-state index contributed by atoms with van der Waals surface area (Å²) >= 11 is 1.46. The second kappa shape index (κ2) is 10.7. The molecular weight excluding hydrogens is 424 g/mol. The van der Waals surface area contributed by atoms with Gasteiger partial charge in [-0.05, 0) is 43.2 Å². The Hall–Kier alpha value is -2.84. The van der Waals surface area contributed by atoms with E-state index >= 15 is 0 Å². The zero-order valence-corrected chi connectivity index (χ0v) is 19.3. The van der Waals surface area contributed by atoms with Crippen LogP contribution in [0.2, 0.25) is 0 Å². The fourth-order valence-corrected chi connectivity index (χ4v) is 4.63. The van der Waals surface area contributed by atoms with Crippen LogP contribution in [0.25, 0.3) is 11.4 Å². The molecule has 7 nitrogen and oxygen atoms in total. The van der Waals surface area contributed by atoms with Crippen molar-refractivity contribution in [2.24, 2.45) is 0 Å². The number of carbonyl (C=O) groups is 1. The first-order chi connectivity index (χ1) is 15.7. The van der Waals surface area contributed by atoms with Gasteiger partial charge in [-0.15, -0.1) is 10.2 Å². The average molecular weight is 453 g/mol. The molecular formula is C24H28N4O3S. The van der Waals surface area contributed by atoms with Gasteiger partial charge in [0.1, 0.15) is 5.75 Å². The number of rotatable bonds is 8. The molecule has 1 aromatic heterocycles. The molecule has 0 aliphatic carbocycles. The largest absolute Gasteiger partial charge is 0.497 e. The molecule has 0 radical (unpaired) electrons. The van der Waals surface area contributed by atoms with Crippen LogP contribution in [0.3, 0.4) is 0 Å². The number of benzene rings is 2. The number of aromatic nitrogens is 3. The van der Waals surface area contributed by atoms with E-state index in [0.717, 1.165) is 35.3 Å². The second-order valence-corrected chi connectivity index (χ2v) is 8.93.